The minimum absolute atomic E-state index is 0.254. The van der Waals surface area contributed by atoms with Crippen LogP contribution in [0.4, 0.5) is 10.6 Å². The van der Waals surface area contributed by atoms with Crippen LogP contribution in [-0.2, 0) is 6.54 Å². The van der Waals surface area contributed by atoms with Gasteiger partial charge in [-0.3, -0.25) is 0 Å². The van der Waals surface area contributed by atoms with Gasteiger partial charge >= 0.3 is 6.03 Å². The number of nitrogens with zero attached hydrogens (tertiary/aromatic N) is 2. The lowest BCUT2D eigenvalue weighted by Gasteiger charge is -2.16. The van der Waals surface area contributed by atoms with Gasteiger partial charge in [0, 0.05) is 32.6 Å². The summed E-state index contributed by atoms with van der Waals surface area (Å²) in [5.41, 5.74) is 1.91. The molecule has 1 aromatic heterocycles. The summed E-state index contributed by atoms with van der Waals surface area (Å²) in [6.45, 7) is 4.74. The van der Waals surface area contributed by atoms with Crippen LogP contribution in [0.2, 0.25) is 0 Å². The Morgan fingerprint density at radius 2 is 1.96 bits per heavy atom. The number of aliphatic hydroxyl groups is 1. The zero-order valence-electron chi connectivity index (χ0n) is 15.4. The number of hydrogen-bond donors (Lipinski definition) is 3. The number of pyridine rings is 1. The van der Waals surface area contributed by atoms with Gasteiger partial charge in [0.25, 0.3) is 0 Å². The van der Waals surface area contributed by atoms with Gasteiger partial charge in [-0.05, 0) is 30.0 Å². The zero-order valence-corrected chi connectivity index (χ0v) is 15.4. The minimum Gasteiger partial charge on any atom is -0.391 e. The van der Waals surface area contributed by atoms with Crippen molar-refractivity contribution in [3.63, 3.8) is 0 Å². The highest BCUT2D eigenvalue weighted by atomic mass is 16.3. The Morgan fingerprint density at radius 1 is 1.24 bits per heavy atom. The molecule has 0 spiro atoms. The van der Waals surface area contributed by atoms with Crippen LogP contribution in [0.3, 0.4) is 0 Å². The Hall–Kier alpha value is -2.34. The van der Waals surface area contributed by atoms with E-state index in [0.717, 1.165) is 22.3 Å². The van der Waals surface area contributed by atoms with Crippen LogP contribution in [0.5, 0.6) is 0 Å². The minimum atomic E-state index is -0.521. The molecule has 0 saturated heterocycles. The Bertz CT molecular complexity index is 716. The van der Waals surface area contributed by atoms with Gasteiger partial charge in [-0.2, -0.15) is 0 Å². The van der Waals surface area contributed by atoms with Crippen LogP contribution in [0.15, 0.2) is 30.3 Å². The number of urea groups is 1. The quantitative estimate of drug-likeness (QED) is 0.721. The maximum Gasteiger partial charge on any atom is 0.315 e. The normalized spacial score (nSPS) is 12.2. The SMILES string of the molecule is CC(C)CC(O)CNC(=O)NCc1cc(N(C)C)nc2ccccc12. The lowest BCUT2D eigenvalue weighted by atomic mass is 10.1. The van der Waals surface area contributed by atoms with Crippen molar-refractivity contribution in [2.75, 3.05) is 25.5 Å². The highest BCUT2D eigenvalue weighted by Gasteiger charge is 2.11. The van der Waals surface area contributed by atoms with Crippen molar-refractivity contribution < 1.29 is 9.90 Å². The Balaban J connectivity index is 2.01. The summed E-state index contributed by atoms with van der Waals surface area (Å²) in [6.07, 6.45) is 0.148. The van der Waals surface area contributed by atoms with E-state index in [1.165, 1.54) is 0 Å². The number of carbonyl (C=O) groups is 1. The van der Waals surface area contributed by atoms with Crippen LogP contribution < -0.4 is 15.5 Å². The molecular weight excluding hydrogens is 316 g/mol. The predicted molar refractivity (Wildman–Crippen MR) is 102 cm³/mol. The van der Waals surface area contributed by atoms with Gasteiger partial charge in [-0.25, -0.2) is 9.78 Å². The molecule has 6 nitrogen and oxygen atoms in total. The monoisotopic (exact) mass is 344 g/mol. The third kappa shape index (κ3) is 5.60. The average Bonchev–Trinajstić information content (AvgIpc) is 2.56. The van der Waals surface area contributed by atoms with E-state index in [1.54, 1.807) is 0 Å². The molecule has 6 heteroatoms. The second kappa shape index (κ2) is 8.67. The molecule has 0 aliphatic rings. The molecule has 1 unspecified atom stereocenters. The van der Waals surface area contributed by atoms with Crippen molar-refractivity contribution in [2.24, 2.45) is 5.92 Å². The molecule has 1 heterocycles. The molecule has 0 radical (unpaired) electrons. The van der Waals surface area contributed by atoms with E-state index in [2.05, 4.69) is 15.6 Å². The second-order valence-corrected chi connectivity index (χ2v) is 6.90. The van der Waals surface area contributed by atoms with Crippen molar-refractivity contribution in [1.29, 1.82) is 0 Å². The number of amides is 2. The molecule has 2 amide bonds. The van der Waals surface area contributed by atoms with E-state index in [1.807, 2.05) is 63.2 Å². The molecule has 136 valence electrons. The van der Waals surface area contributed by atoms with E-state index in [0.29, 0.717) is 18.9 Å². The highest BCUT2D eigenvalue weighted by Crippen LogP contribution is 2.21. The van der Waals surface area contributed by atoms with Gasteiger partial charge in [-0.1, -0.05) is 32.0 Å². The smallest absolute Gasteiger partial charge is 0.315 e. The van der Waals surface area contributed by atoms with E-state index >= 15 is 0 Å². The van der Waals surface area contributed by atoms with Gasteiger partial charge in [0.05, 0.1) is 11.6 Å². The molecule has 25 heavy (non-hydrogen) atoms. The van der Waals surface area contributed by atoms with Crippen LogP contribution in [-0.4, -0.2) is 42.9 Å². The maximum atomic E-state index is 12.0. The first-order valence-corrected chi connectivity index (χ1v) is 8.62. The fraction of sp³-hybridized carbons (Fsp3) is 0.474. The van der Waals surface area contributed by atoms with Crippen molar-refractivity contribution in [3.8, 4) is 0 Å². The number of rotatable bonds is 7. The first kappa shape index (κ1) is 19.0. The molecule has 0 saturated carbocycles. The molecule has 2 rings (SSSR count). The fourth-order valence-corrected chi connectivity index (χ4v) is 2.68. The van der Waals surface area contributed by atoms with Gasteiger partial charge in [0.2, 0.25) is 0 Å². The summed E-state index contributed by atoms with van der Waals surface area (Å²) in [5.74, 6) is 1.25. The number of para-hydroxylation sites is 1. The molecule has 0 bridgehead atoms. The van der Waals surface area contributed by atoms with Crippen molar-refractivity contribution in [1.82, 2.24) is 15.6 Å². The number of fused-ring (bicyclic) bond motifs is 1. The van der Waals surface area contributed by atoms with Gasteiger partial charge < -0.3 is 20.6 Å². The summed E-state index contributed by atoms with van der Waals surface area (Å²) in [5, 5.41) is 16.4. The summed E-state index contributed by atoms with van der Waals surface area (Å²) in [4.78, 5) is 18.6. The standard InChI is InChI=1S/C19H28N4O2/c1-13(2)9-15(24)12-21-19(25)20-11-14-10-18(23(3)4)22-17-8-6-5-7-16(14)17/h5-8,10,13,15,24H,9,11-12H2,1-4H3,(H2,20,21,25). The van der Waals surface area contributed by atoms with Crippen LogP contribution in [0.1, 0.15) is 25.8 Å². The topological polar surface area (TPSA) is 77.5 Å². The molecule has 0 aliphatic heterocycles. The summed E-state index contributed by atoms with van der Waals surface area (Å²) in [6, 6.07) is 9.59. The summed E-state index contributed by atoms with van der Waals surface area (Å²) < 4.78 is 0. The van der Waals surface area contributed by atoms with E-state index in [9.17, 15) is 9.90 Å². The van der Waals surface area contributed by atoms with Crippen molar-refractivity contribution >= 4 is 22.8 Å². The Labute approximate surface area is 149 Å². The molecule has 3 N–H and O–H groups in total. The fourth-order valence-electron chi connectivity index (χ4n) is 2.68. The molecule has 1 atom stereocenters. The first-order chi connectivity index (χ1) is 11.9. The largest absolute Gasteiger partial charge is 0.391 e. The molecule has 0 aliphatic carbocycles. The zero-order chi connectivity index (χ0) is 18.4. The van der Waals surface area contributed by atoms with Crippen LogP contribution in [0.25, 0.3) is 10.9 Å². The number of benzene rings is 1. The number of aliphatic hydroxyl groups excluding tert-OH is 1. The lowest BCUT2D eigenvalue weighted by molar-refractivity contribution is 0.147. The van der Waals surface area contributed by atoms with Crippen LogP contribution >= 0.6 is 0 Å². The van der Waals surface area contributed by atoms with Crippen molar-refractivity contribution in [2.45, 2.75) is 32.9 Å². The molecule has 2 aromatic rings. The van der Waals surface area contributed by atoms with Crippen LogP contribution in [0, 0.1) is 5.92 Å². The Kier molecular flexibility index (Phi) is 6.58. The number of nitrogens with one attached hydrogen (secondary N) is 2. The first-order valence-electron chi connectivity index (χ1n) is 8.62. The molecule has 0 fully saturated rings. The van der Waals surface area contributed by atoms with E-state index < -0.39 is 6.10 Å². The third-order valence-corrected chi connectivity index (χ3v) is 3.93. The number of carbonyl (C=O) groups excluding carboxylic acids is 1. The number of hydrogen-bond acceptors (Lipinski definition) is 4. The average molecular weight is 344 g/mol. The second-order valence-electron chi connectivity index (χ2n) is 6.90. The van der Waals surface area contributed by atoms with Crippen molar-refractivity contribution in [3.05, 3.63) is 35.9 Å². The van der Waals surface area contributed by atoms with E-state index in [4.69, 9.17) is 0 Å². The third-order valence-electron chi connectivity index (χ3n) is 3.93. The number of anilines is 1. The molecular formula is C19H28N4O2. The molecule has 1 aromatic carbocycles. The Morgan fingerprint density at radius 3 is 2.64 bits per heavy atom. The van der Waals surface area contributed by atoms with E-state index in [-0.39, 0.29) is 12.6 Å². The maximum absolute atomic E-state index is 12.0. The summed E-state index contributed by atoms with van der Waals surface area (Å²) in [7, 11) is 3.88. The summed E-state index contributed by atoms with van der Waals surface area (Å²) >= 11 is 0. The number of aromatic nitrogens is 1. The predicted octanol–water partition coefficient (Wildman–Crippen LogP) is 2.51. The van der Waals surface area contributed by atoms with Gasteiger partial charge in [-0.15, -0.1) is 0 Å². The van der Waals surface area contributed by atoms with Gasteiger partial charge in [0.1, 0.15) is 5.82 Å². The highest BCUT2D eigenvalue weighted by molar-refractivity contribution is 5.84. The van der Waals surface area contributed by atoms with Gasteiger partial charge in [0.15, 0.2) is 0 Å². The lowest BCUT2D eigenvalue weighted by Crippen LogP contribution is -2.39.